The molecule has 0 aliphatic rings. The molecule has 0 amide bonds. The summed E-state index contributed by atoms with van der Waals surface area (Å²) in [5.41, 5.74) is 6.75. The number of benzene rings is 5. The van der Waals surface area contributed by atoms with Crippen molar-refractivity contribution in [1.29, 1.82) is 0 Å². The summed E-state index contributed by atoms with van der Waals surface area (Å²) in [5, 5.41) is 5.14. The number of thiophene rings is 1. The lowest BCUT2D eigenvalue weighted by Crippen LogP contribution is -1.93. The number of H-pyrrole nitrogens is 1. The van der Waals surface area contributed by atoms with Gasteiger partial charge in [0.05, 0.1) is 22.1 Å². The molecule has 0 unspecified atom stereocenters. The molecule has 164 valence electrons. The highest BCUT2D eigenvalue weighted by Gasteiger charge is 2.13. The minimum absolute atomic E-state index is 0.899. The Hall–Kier alpha value is -4.41. The molecule has 3 aromatic heterocycles. The fraction of sp³-hybridized carbons (Fsp3) is 0. The Kier molecular flexibility index (Phi) is 3.82. The summed E-state index contributed by atoms with van der Waals surface area (Å²) < 4.78 is 4.93. The smallest absolute Gasteiger partial charge is 0.138 e. The quantitative estimate of drug-likeness (QED) is 0.272. The average Bonchev–Trinajstić information content (AvgIpc) is 3.58. The van der Waals surface area contributed by atoms with Gasteiger partial charge in [-0.1, -0.05) is 54.6 Å². The third-order valence-electron chi connectivity index (χ3n) is 6.96. The number of rotatable bonds is 2. The van der Waals surface area contributed by atoms with Crippen LogP contribution >= 0.6 is 11.3 Å². The second kappa shape index (κ2) is 7.05. The van der Waals surface area contributed by atoms with Gasteiger partial charge in [-0.2, -0.15) is 0 Å². The molecule has 3 heterocycles. The topological polar surface area (TPSA) is 33.6 Å². The van der Waals surface area contributed by atoms with Crippen molar-refractivity contribution >= 4 is 64.3 Å². The molecule has 0 aliphatic heterocycles. The molecule has 1 N–H and O–H groups in total. The molecule has 4 heteroatoms. The second-order valence-electron chi connectivity index (χ2n) is 8.97. The number of nitrogens with one attached hydrogen (secondary N) is 1. The van der Waals surface area contributed by atoms with E-state index in [2.05, 4.69) is 119 Å². The summed E-state index contributed by atoms with van der Waals surface area (Å²) in [6.07, 6.45) is 0. The van der Waals surface area contributed by atoms with Gasteiger partial charge in [0.25, 0.3) is 0 Å². The van der Waals surface area contributed by atoms with Crippen molar-refractivity contribution in [2.45, 2.75) is 0 Å². The van der Waals surface area contributed by atoms with E-state index in [-0.39, 0.29) is 0 Å². The van der Waals surface area contributed by atoms with Gasteiger partial charge < -0.3 is 9.55 Å². The Morgan fingerprint density at radius 3 is 2.00 bits per heavy atom. The standard InChI is InChI=1S/C31H19N3S/c1-4-10-27-21(7-1)22-8-2-5-11-28(22)34(27)20-15-13-19(14-16-20)31-32-25-17-24-23-9-3-6-12-29(23)35-30(24)18-26(25)33-31/h1-18H,(H,32,33). The fourth-order valence-corrected chi connectivity index (χ4v) is 6.46. The zero-order valence-corrected chi connectivity index (χ0v) is 19.5. The first-order chi connectivity index (χ1) is 17.3. The number of nitrogens with zero attached hydrogens (tertiary/aromatic N) is 2. The van der Waals surface area contributed by atoms with Gasteiger partial charge in [-0.15, -0.1) is 11.3 Å². The number of aromatic amines is 1. The molecule has 0 atom stereocenters. The fourth-order valence-electron chi connectivity index (χ4n) is 5.33. The van der Waals surface area contributed by atoms with Crippen LogP contribution in [0, 0.1) is 0 Å². The third-order valence-corrected chi connectivity index (χ3v) is 8.09. The maximum atomic E-state index is 4.94. The van der Waals surface area contributed by atoms with Gasteiger partial charge in [0.2, 0.25) is 0 Å². The molecular weight excluding hydrogens is 446 g/mol. The van der Waals surface area contributed by atoms with Gasteiger partial charge in [0, 0.05) is 42.2 Å². The van der Waals surface area contributed by atoms with Gasteiger partial charge in [-0.3, -0.25) is 0 Å². The van der Waals surface area contributed by atoms with Crippen LogP contribution in [0.4, 0.5) is 0 Å². The lowest BCUT2D eigenvalue weighted by atomic mass is 10.1. The highest BCUT2D eigenvalue weighted by atomic mass is 32.1. The first kappa shape index (κ1) is 19.0. The monoisotopic (exact) mass is 465 g/mol. The molecule has 35 heavy (non-hydrogen) atoms. The van der Waals surface area contributed by atoms with Gasteiger partial charge in [-0.25, -0.2) is 4.98 Å². The van der Waals surface area contributed by atoms with Crippen LogP contribution in [0.15, 0.2) is 109 Å². The molecule has 0 bridgehead atoms. The molecule has 0 spiro atoms. The molecule has 8 rings (SSSR count). The van der Waals surface area contributed by atoms with Gasteiger partial charge in [0.15, 0.2) is 0 Å². The Labute approximate surface area is 204 Å². The minimum Gasteiger partial charge on any atom is -0.338 e. The highest BCUT2D eigenvalue weighted by molar-refractivity contribution is 7.25. The van der Waals surface area contributed by atoms with Crippen molar-refractivity contribution in [3.63, 3.8) is 0 Å². The number of hydrogen-bond donors (Lipinski definition) is 1. The summed E-state index contributed by atoms with van der Waals surface area (Å²) in [6.45, 7) is 0. The number of para-hydroxylation sites is 2. The summed E-state index contributed by atoms with van der Waals surface area (Å²) >= 11 is 1.83. The molecular formula is C31H19N3S. The lowest BCUT2D eigenvalue weighted by Gasteiger charge is -2.08. The van der Waals surface area contributed by atoms with E-state index < -0.39 is 0 Å². The third kappa shape index (κ3) is 2.74. The summed E-state index contributed by atoms with van der Waals surface area (Å²) in [4.78, 5) is 8.50. The normalized spacial score (nSPS) is 12.0. The van der Waals surface area contributed by atoms with E-state index in [9.17, 15) is 0 Å². The summed E-state index contributed by atoms with van der Waals surface area (Å²) in [5.74, 6) is 0.899. The molecule has 0 saturated heterocycles. The lowest BCUT2D eigenvalue weighted by molar-refractivity contribution is 1.18. The van der Waals surface area contributed by atoms with Crippen molar-refractivity contribution in [1.82, 2.24) is 14.5 Å². The number of imidazole rings is 1. The Bertz CT molecular complexity index is 2000. The van der Waals surface area contributed by atoms with E-state index in [1.165, 1.54) is 42.0 Å². The molecule has 0 aliphatic carbocycles. The van der Waals surface area contributed by atoms with E-state index in [0.717, 1.165) is 28.1 Å². The van der Waals surface area contributed by atoms with Crippen molar-refractivity contribution in [3.8, 4) is 17.1 Å². The summed E-state index contributed by atoms with van der Waals surface area (Å²) in [6, 6.07) is 39.0. The SMILES string of the molecule is c1ccc2c(c1)sc1cc3nc(-c4ccc(-n5c6ccccc6c6ccccc65)cc4)[nH]c3cc12. The Morgan fingerprint density at radius 2 is 1.26 bits per heavy atom. The number of hydrogen-bond acceptors (Lipinski definition) is 2. The minimum atomic E-state index is 0.899. The second-order valence-corrected chi connectivity index (χ2v) is 10.0. The van der Waals surface area contributed by atoms with Crippen LogP contribution in [-0.4, -0.2) is 14.5 Å². The van der Waals surface area contributed by atoms with Gasteiger partial charge in [-0.05, 0) is 54.6 Å². The van der Waals surface area contributed by atoms with Crippen LogP contribution in [0.2, 0.25) is 0 Å². The van der Waals surface area contributed by atoms with Gasteiger partial charge in [0.1, 0.15) is 5.82 Å². The van der Waals surface area contributed by atoms with Crippen LogP contribution < -0.4 is 0 Å². The Morgan fingerprint density at radius 1 is 0.600 bits per heavy atom. The maximum absolute atomic E-state index is 4.94. The first-order valence-corrected chi connectivity index (χ1v) is 12.6. The maximum Gasteiger partial charge on any atom is 0.138 e. The zero-order chi connectivity index (χ0) is 22.9. The van der Waals surface area contributed by atoms with Crippen LogP contribution in [-0.2, 0) is 0 Å². The Balaban J connectivity index is 1.25. The molecule has 3 nitrogen and oxygen atoms in total. The van der Waals surface area contributed by atoms with Crippen LogP contribution in [0.25, 0.3) is 70.1 Å². The van der Waals surface area contributed by atoms with E-state index in [1.54, 1.807) is 0 Å². The largest absolute Gasteiger partial charge is 0.338 e. The predicted octanol–water partition coefficient (Wildman–Crippen LogP) is 8.69. The summed E-state index contributed by atoms with van der Waals surface area (Å²) in [7, 11) is 0. The molecule has 5 aromatic carbocycles. The van der Waals surface area contributed by atoms with Gasteiger partial charge >= 0.3 is 0 Å². The first-order valence-electron chi connectivity index (χ1n) is 11.7. The zero-order valence-electron chi connectivity index (χ0n) is 18.7. The van der Waals surface area contributed by atoms with E-state index >= 15 is 0 Å². The average molecular weight is 466 g/mol. The molecule has 8 aromatic rings. The van der Waals surface area contributed by atoms with Crippen molar-refractivity contribution in [2.24, 2.45) is 0 Å². The molecule has 0 radical (unpaired) electrons. The van der Waals surface area contributed by atoms with Crippen molar-refractivity contribution in [3.05, 3.63) is 109 Å². The van der Waals surface area contributed by atoms with E-state index in [1.807, 2.05) is 11.3 Å². The number of aromatic nitrogens is 3. The van der Waals surface area contributed by atoms with Crippen LogP contribution in [0.5, 0.6) is 0 Å². The predicted molar refractivity (Wildman–Crippen MR) is 149 cm³/mol. The van der Waals surface area contributed by atoms with Crippen LogP contribution in [0.1, 0.15) is 0 Å². The van der Waals surface area contributed by atoms with Crippen molar-refractivity contribution in [2.75, 3.05) is 0 Å². The van der Waals surface area contributed by atoms with Crippen molar-refractivity contribution < 1.29 is 0 Å². The van der Waals surface area contributed by atoms with Crippen LogP contribution in [0.3, 0.4) is 0 Å². The molecule has 0 saturated carbocycles. The number of fused-ring (bicyclic) bond motifs is 7. The molecule has 0 fully saturated rings. The highest BCUT2D eigenvalue weighted by Crippen LogP contribution is 2.37. The van der Waals surface area contributed by atoms with E-state index in [4.69, 9.17) is 4.98 Å². The van der Waals surface area contributed by atoms with E-state index in [0.29, 0.717) is 0 Å².